The second-order valence-electron chi connectivity index (χ2n) is 7.59. The average Bonchev–Trinajstić information content (AvgIpc) is 2.55. The fourth-order valence-corrected chi connectivity index (χ4v) is 2.89. The largest absolute Gasteiger partial charge is 0.445 e. The number of hydrogen-bond acceptors (Lipinski definition) is 4. The molecule has 2 atom stereocenters. The maximum Gasteiger partial charge on any atom is 0.408 e. The summed E-state index contributed by atoms with van der Waals surface area (Å²) >= 11 is 0. The van der Waals surface area contributed by atoms with Crippen molar-refractivity contribution in [2.24, 2.45) is 0 Å². The normalized spacial score (nSPS) is 21.8. The van der Waals surface area contributed by atoms with E-state index in [0.29, 0.717) is 6.42 Å². The Morgan fingerprint density at radius 2 is 1.81 bits per heavy atom. The Morgan fingerprint density at radius 1 is 1.15 bits per heavy atom. The van der Waals surface area contributed by atoms with Crippen LogP contribution in [0.5, 0.6) is 0 Å². The fourth-order valence-electron chi connectivity index (χ4n) is 2.89. The number of amides is 2. The van der Waals surface area contributed by atoms with Crippen molar-refractivity contribution >= 4 is 12.2 Å². The van der Waals surface area contributed by atoms with Gasteiger partial charge >= 0.3 is 12.2 Å². The SMILES string of the molecule is CC(C)(C)OC(=O)N[C@H]1[C@H](NC(=O)OCc2ccccc2)CCCC1(F)F. The minimum Gasteiger partial charge on any atom is -0.445 e. The fraction of sp³-hybridized carbons (Fsp3) is 0.579. The second-order valence-corrected chi connectivity index (χ2v) is 7.59. The lowest BCUT2D eigenvalue weighted by atomic mass is 9.87. The van der Waals surface area contributed by atoms with Crippen molar-refractivity contribution in [3.05, 3.63) is 35.9 Å². The molecule has 0 bridgehead atoms. The number of hydrogen-bond donors (Lipinski definition) is 2. The summed E-state index contributed by atoms with van der Waals surface area (Å²) in [4.78, 5) is 24.0. The van der Waals surface area contributed by atoms with Gasteiger partial charge in [-0.3, -0.25) is 0 Å². The minimum atomic E-state index is -3.16. The number of rotatable bonds is 4. The third-order valence-electron chi connectivity index (χ3n) is 4.07. The predicted molar refractivity (Wildman–Crippen MR) is 95.5 cm³/mol. The quantitative estimate of drug-likeness (QED) is 0.823. The second kappa shape index (κ2) is 8.54. The topological polar surface area (TPSA) is 76.7 Å². The van der Waals surface area contributed by atoms with Crippen LogP contribution in [0.1, 0.15) is 45.6 Å². The summed E-state index contributed by atoms with van der Waals surface area (Å²) in [5, 5.41) is 4.67. The van der Waals surface area contributed by atoms with E-state index in [1.54, 1.807) is 45.0 Å². The number of carbonyl (C=O) groups is 2. The number of nitrogens with one attached hydrogen (secondary N) is 2. The zero-order valence-electron chi connectivity index (χ0n) is 15.8. The molecule has 1 aromatic carbocycles. The monoisotopic (exact) mass is 384 g/mol. The highest BCUT2D eigenvalue weighted by Crippen LogP contribution is 2.34. The highest BCUT2D eigenvalue weighted by Gasteiger charge is 2.49. The van der Waals surface area contributed by atoms with Gasteiger partial charge in [-0.25, -0.2) is 18.4 Å². The maximum atomic E-state index is 14.4. The summed E-state index contributed by atoms with van der Waals surface area (Å²) in [6, 6.07) is 6.50. The van der Waals surface area contributed by atoms with E-state index in [-0.39, 0.29) is 19.4 Å². The first kappa shape index (κ1) is 20.9. The summed E-state index contributed by atoms with van der Waals surface area (Å²) in [5.41, 5.74) is -0.0315. The van der Waals surface area contributed by atoms with Crippen molar-refractivity contribution in [2.75, 3.05) is 0 Å². The first-order valence-electron chi connectivity index (χ1n) is 8.91. The molecule has 0 heterocycles. The van der Waals surface area contributed by atoms with Crippen molar-refractivity contribution in [3.8, 4) is 0 Å². The Bertz CT molecular complexity index is 647. The van der Waals surface area contributed by atoms with Gasteiger partial charge in [0.15, 0.2) is 0 Å². The zero-order valence-corrected chi connectivity index (χ0v) is 15.8. The van der Waals surface area contributed by atoms with Crippen LogP contribution in [0.3, 0.4) is 0 Å². The van der Waals surface area contributed by atoms with Gasteiger partial charge in [0.1, 0.15) is 18.2 Å². The van der Waals surface area contributed by atoms with Crippen LogP contribution in [0.4, 0.5) is 18.4 Å². The molecule has 2 rings (SSSR count). The smallest absolute Gasteiger partial charge is 0.408 e. The van der Waals surface area contributed by atoms with Crippen LogP contribution in [0.25, 0.3) is 0 Å². The minimum absolute atomic E-state index is 0.0277. The van der Waals surface area contributed by atoms with E-state index in [4.69, 9.17) is 9.47 Å². The third-order valence-corrected chi connectivity index (χ3v) is 4.07. The van der Waals surface area contributed by atoms with Gasteiger partial charge in [0.2, 0.25) is 0 Å². The molecule has 0 aromatic heterocycles. The van der Waals surface area contributed by atoms with Crippen molar-refractivity contribution < 1.29 is 27.8 Å². The number of alkyl carbamates (subject to hydrolysis) is 2. The Labute approximate surface area is 157 Å². The number of alkyl halides is 2. The molecule has 150 valence electrons. The van der Waals surface area contributed by atoms with Crippen molar-refractivity contribution in [3.63, 3.8) is 0 Å². The molecule has 1 aliphatic carbocycles. The van der Waals surface area contributed by atoms with E-state index in [0.717, 1.165) is 5.56 Å². The Balaban J connectivity index is 1.97. The van der Waals surface area contributed by atoms with Crippen LogP contribution in [-0.2, 0) is 16.1 Å². The van der Waals surface area contributed by atoms with Gasteiger partial charge < -0.3 is 20.1 Å². The molecule has 2 N–H and O–H groups in total. The van der Waals surface area contributed by atoms with Gasteiger partial charge in [-0.1, -0.05) is 30.3 Å². The number of carbonyl (C=O) groups excluding carboxylic acids is 2. The number of benzene rings is 1. The van der Waals surface area contributed by atoms with Gasteiger partial charge in [-0.2, -0.15) is 0 Å². The average molecular weight is 384 g/mol. The summed E-state index contributed by atoms with van der Waals surface area (Å²) < 4.78 is 38.9. The molecule has 0 aliphatic heterocycles. The standard InChI is InChI=1S/C19H26F2N2O4/c1-18(2,3)27-17(25)23-15-14(10-7-11-19(15,20)21)22-16(24)26-12-13-8-5-4-6-9-13/h4-6,8-9,14-15H,7,10-12H2,1-3H3,(H,22,24)(H,23,25)/t14-,15+/m1/s1. The molecule has 8 heteroatoms. The zero-order chi connectivity index (χ0) is 20.1. The van der Waals surface area contributed by atoms with Crippen LogP contribution < -0.4 is 10.6 Å². The first-order valence-corrected chi connectivity index (χ1v) is 8.91. The summed E-state index contributed by atoms with van der Waals surface area (Å²) in [7, 11) is 0. The lowest BCUT2D eigenvalue weighted by Gasteiger charge is -2.38. The number of halogens is 2. The van der Waals surface area contributed by atoms with Crippen molar-refractivity contribution in [2.45, 2.75) is 70.2 Å². The molecule has 0 unspecified atom stereocenters. The van der Waals surface area contributed by atoms with E-state index in [2.05, 4.69) is 10.6 Å². The highest BCUT2D eigenvalue weighted by atomic mass is 19.3. The summed E-state index contributed by atoms with van der Waals surface area (Å²) in [6.07, 6.45) is -1.60. The van der Waals surface area contributed by atoms with E-state index in [9.17, 15) is 18.4 Å². The summed E-state index contributed by atoms with van der Waals surface area (Å²) in [5.74, 6) is -3.16. The van der Waals surface area contributed by atoms with Crippen LogP contribution in [0.2, 0.25) is 0 Å². The first-order chi connectivity index (χ1) is 12.6. The van der Waals surface area contributed by atoms with E-state index < -0.39 is 35.8 Å². The number of ether oxygens (including phenoxy) is 2. The lowest BCUT2D eigenvalue weighted by Crippen LogP contribution is -2.62. The molecular formula is C19H26F2N2O4. The molecule has 0 radical (unpaired) electrons. The molecular weight excluding hydrogens is 358 g/mol. The molecule has 2 amide bonds. The van der Waals surface area contributed by atoms with E-state index in [1.165, 1.54) is 0 Å². The predicted octanol–water partition coefficient (Wildman–Crippen LogP) is 3.99. The van der Waals surface area contributed by atoms with E-state index in [1.807, 2.05) is 6.07 Å². The van der Waals surface area contributed by atoms with Crippen LogP contribution in [0, 0.1) is 0 Å². The van der Waals surface area contributed by atoms with Crippen LogP contribution in [-0.4, -0.2) is 35.8 Å². The van der Waals surface area contributed by atoms with Gasteiger partial charge in [0.25, 0.3) is 5.92 Å². The van der Waals surface area contributed by atoms with Crippen LogP contribution >= 0.6 is 0 Å². The molecule has 1 fully saturated rings. The van der Waals surface area contributed by atoms with Crippen molar-refractivity contribution in [1.82, 2.24) is 10.6 Å². The molecule has 1 aromatic rings. The Kier molecular flexibility index (Phi) is 6.62. The summed E-state index contributed by atoms with van der Waals surface area (Å²) in [6.45, 7) is 4.95. The molecule has 1 saturated carbocycles. The third kappa shape index (κ3) is 6.69. The van der Waals surface area contributed by atoms with Gasteiger partial charge in [0.05, 0.1) is 6.04 Å². The molecule has 27 heavy (non-hydrogen) atoms. The Hall–Kier alpha value is -2.38. The van der Waals surface area contributed by atoms with E-state index >= 15 is 0 Å². The molecule has 0 spiro atoms. The van der Waals surface area contributed by atoms with Gasteiger partial charge in [-0.05, 0) is 39.2 Å². The molecule has 0 saturated heterocycles. The highest BCUT2D eigenvalue weighted by molar-refractivity contribution is 5.70. The molecule has 6 nitrogen and oxygen atoms in total. The maximum absolute atomic E-state index is 14.4. The van der Waals surface area contributed by atoms with Gasteiger partial charge in [0, 0.05) is 6.42 Å². The lowest BCUT2D eigenvalue weighted by molar-refractivity contribution is -0.0756. The van der Waals surface area contributed by atoms with Gasteiger partial charge in [-0.15, -0.1) is 0 Å². The molecule has 1 aliphatic rings. The van der Waals surface area contributed by atoms with Crippen molar-refractivity contribution in [1.29, 1.82) is 0 Å². The Morgan fingerprint density at radius 3 is 2.44 bits per heavy atom. The van der Waals surface area contributed by atoms with Crippen LogP contribution in [0.15, 0.2) is 30.3 Å².